The minimum absolute atomic E-state index is 0.277. The minimum atomic E-state index is 0.277. The quantitative estimate of drug-likeness (QED) is 0.881. The Bertz CT molecular complexity index is 425. The van der Waals surface area contributed by atoms with Gasteiger partial charge in [0.1, 0.15) is 0 Å². The second kappa shape index (κ2) is 7.07. The Kier molecular flexibility index (Phi) is 5.70. The fourth-order valence-electron chi connectivity index (χ4n) is 2.94. The summed E-state index contributed by atoms with van der Waals surface area (Å²) in [5, 5.41) is 0.762. The maximum absolute atomic E-state index is 6.22. The molecular formula is C15H22BrClN2. The SMILES string of the molecule is CC1CCCCCN1C(CN)c1ccc(Br)c(Cl)c1. The third-order valence-electron chi connectivity index (χ3n) is 4.06. The molecule has 1 aliphatic rings. The maximum atomic E-state index is 6.22. The van der Waals surface area contributed by atoms with Crippen LogP contribution >= 0.6 is 27.5 Å². The lowest BCUT2D eigenvalue weighted by molar-refractivity contribution is 0.151. The molecule has 0 amide bonds. The summed E-state index contributed by atoms with van der Waals surface area (Å²) in [7, 11) is 0. The monoisotopic (exact) mass is 344 g/mol. The average molecular weight is 346 g/mol. The van der Waals surface area contributed by atoms with E-state index in [1.54, 1.807) is 0 Å². The Morgan fingerprint density at radius 1 is 1.42 bits per heavy atom. The Balaban J connectivity index is 2.24. The number of hydrogen-bond donors (Lipinski definition) is 1. The molecule has 0 radical (unpaired) electrons. The van der Waals surface area contributed by atoms with Crippen molar-refractivity contribution in [3.63, 3.8) is 0 Å². The maximum Gasteiger partial charge on any atom is 0.0551 e. The van der Waals surface area contributed by atoms with Crippen molar-refractivity contribution in [2.24, 2.45) is 5.73 Å². The topological polar surface area (TPSA) is 29.3 Å². The molecule has 1 fully saturated rings. The predicted molar refractivity (Wildman–Crippen MR) is 85.6 cm³/mol. The van der Waals surface area contributed by atoms with Gasteiger partial charge in [-0.25, -0.2) is 0 Å². The summed E-state index contributed by atoms with van der Waals surface area (Å²) in [4.78, 5) is 2.55. The molecule has 1 aromatic carbocycles. The van der Waals surface area contributed by atoms with Crippen molar-refractivity contribution in [1.29, 1.82) is 0 Å². The molecule has 0 spiro atoms. The van der Waals surface area contributed by atoms with Gasteiger partial charge in [0.15, 0.2) is 0 Å². The van der Waals surface area contributed by atoms with Crippen LogP contribution in [0.4, 0.5) is 0 Å². The van der Waals surface area contributed by atoms with Crippen LogP contribution < -0.4 is 5.73 Å². The first-order valence-corrected chi connectivity index (χ1v) is 8.21. The van der Waals surface area contributed by atoms with Crippen molar-refractivity contribution in [2.75, 3.05) is 13.1 Å². The first-order chi connectivity index (χ1) is 9.13. The van der Waals surface area contributed by atoms with E-state index in [2.05, 4.69) is 33.8 Å². The number of nitrogens with two attached hydrogens (primary N) is 1. The number of rotatable bonds is 3. The van der Waals surface area contributed by atoms with Gasteiger partial charge in [-0.3, -0.25) is 4.90 Å². The van der Waals surface area contributed by atoms with Crippen molar-refractivity contribution in [3.05, 3.63) is 33.3 Å². The fourth-order valence-corrected chi connectivity index (χ4v) is 3.38. The van der Waals surface area contributed by atoms with Crippen LogP contribution in [-0.2, 0) is 0 Å². The second-order valence-corrected chi connectivity index (χ2v) is 6.62. The van der Waals surface area contributed by atoms with E-state index in [-0.39, 0.29) is 6.04 Å². The minimum Gasteiger partial charge on any atom is -0.329 e. The predicted octanol–water partition coefficient (Wildman–Crippen LogP) is 4.37. The van der Waals surface area contributed by atoms with Gasteiger partial charge in [-0.2, -0.15) is 0 Å². The van der Waals surface area contributed by atoms with Gasteiger partial charge in [-0.15, -0.1) is 0 Å². The molecule has 0 saturated carbocycles. The van der Waals surface area contributed by atoms with E-state index in [4.69, 9.17) is 17.3 Å². The lowest BCUT2D eigenvalue weighted by Gasteiger charge is -2.35. The molecule has 0 aromatic heterocycles. The standard InChI is InChI=1S/C15H22BrClN2/c1-11-5-3-2-4-8-19(11)15(10-18)12-6-7-13(16)14(17)9-12/h6-7,9,11,15H,2-5,8,10,18H2,1H3. The van der Waals surface area contributed by atoms with Crippen LogP contribution in [0.2, 0.25) is 5.02 Å². The fraction of sp³-hybridized carbons (Fsp3) is 0.600. The van der Waals surface area contributed by atoms with Crippen LogP contribution in [0.3, 0.4) is 0 Å². The lowest BCUT2D eigenvalue weighted by atomic mass is 10.0. The van der Waals surface area contributed by atoms with Crippen LogP contribution in [0.5, 0.6) is 0 Å². The zero-order valence-electron chi connectivity index (χ0n) is 11.4. The van der Waals surface area contributed by atoms with Crippen LogP contribution in [0.15, 0.2) is 22.7 Å². The van der Waals surface area contributed by atoms with Crippen molar-refractivity contribution in [3.8, 4) is 0 Å². The molecule has 0 bridgehead atoms. The first-order valence-electron chi connectivity index (χ1n) is 7.04. The molecule has 106 valence electrons. The summed E-state index contributed by atoms with van der Waals surface area (Å²) < 4.78 is 0.942. The lowest BCUT2D eigenvalue weighted by Crippen LogP contribution is -2.39. The molecule has 19 heavy (non-hydrogen) atoms. The molecule has 2 rings (SSSR count). The van der Waals surface area contributed by atoms with Gasteiger partial charge < -0.3 is 5.73 Å². The summed E-state index contributed by atoms with van der Waals surface area (Å²) in [5.41, 5.74) is 7.27. The van der Waals surface area contributed by atoms with Crippen LogP contribution in [0.1, 0.15) is 44.2 Å². The molecule has 1 aromatic rings. The highest BCUT2D eigenvalue weighted by molar-refractivity contribution is 9.10. The highest BCUT2D eigenvalue weighted by atomic mass is 79.9. The van der Waals surface area contributed by atoms with E-state index < -0.39 is 0 Å². The van der Waals surface area contributed by atoms with Gasteiger partial charge >= 0.3 is 0 Å². The van der Waals surface area contributed by atoms with Crippen LogP contribution in [-0.4, -0.2) is 24.0 Å². The molecule has 2 unspecified atom stereocenters. The summed E-state index contributed by atoms with van der Waals surface area (Å²) in [5.74, 6) is 0. The zero-order chi connectivity index (χ0) is 13.8. The van der Waals surface area contributed by atoms with Crippen molar-refractivity contribution in [2.45, 2.75) is 44.7 Å². The smallest absolute Gasteiger partial charge is 0.0551 e. The summed E-state index contributed by atoms with van der Waals surface area (Å²) in [6.45, 7) is 4.09. The number of likely N-dealkylation sites (tertiary alicyclic amines) is 1. The van der Waals surface area contributed by atoms with E-state index in [0.29, 0.717) is 12.6 Å². The highest BCUT2D eigenvalue weighted by Gasteiger charge is 2.25. The Morgan fingerprint density at radius 2 is 2.21 bits per heavy atom. The van der Waals surface area contributed by atoms with Gasteiger partial charge in [-0.05, 0) is 59.9 Å². The van der Waals surface area contributed by atoms with E-state index in [0.717, 1.165) is 16.0 Å². The zero-order valence-corrected chi connectivity index (χ0v) is 13.8. The van der Waals surface area contributed by atoms with E-state index in [1.165, 1.54) is 31.2 Å². The Morgan fingerprint density at radius 3 is 2.89 bits per heavy atom. The number of benzene rings is 1. The molecule has 1 saturated heterocycles. The van der Waals surface area contributed by atoms with Gasteiger partial charge in [0, 0.05) is 23.1 Å². The van der Waals surface area contributed by atoms with Gasteiger partial charge in [0.25, 0.3) is 0 Å². The summed E-state index contributed by atoms with van der Waals surface area (Å²) >= 11 is 9.66. The molecule has 1 heterocycles. The summed E-state index contributed by atoms with van der Waals surface area (Å²) in [6.07, 6.45) is 5.20. The summed E-state index contributed by atoms with van der Waals surface area (Å²) in [6, 6.07) is 7.06. The van der Waals surface area contributed by atoms with Gasteiger partial charge in [0.05, 0.1) is 5.02 Å². The molecule has 0 aliphatic carbocycles. The number of nitrogens with zero attached hydrogens (tertiary/aromatic N) is 1. The van der Waals surface area contributed by atoms with Crippen molar-refractivity contribution in [1.82, 2.24) is 4.90 Å². The third-order valence-corrected chi connectivity index (χ3v) is 5.29. The van der Waals surface area contributed by atoms with E-state index >= 15 is 0 Å². The van der Waals surface area contributed by atoms with Crippen LogP contribution in [0, 0.1) is 0 Å². The average Bonchev–Trinajstić information content (AvgIpc) is 2.60. The molecule has 2 N–H and O–H groups in total. The number of halogens is 2. The molecular weight excluding hydrogens is 324 g/mol. The molecule has 2 nitrogen and oxygen atoms in total. The van der Waals surface area contributed by atoms with E-state index in [1.807, 2.05) is 12.1 Å². The van der Waals surface area contributed by atoms with Crippen molar-refractivity contribution < 1.29 is 0 Å². The third kappa shape index (κ3) is 3.72. The normalized spacial score (nSPS) is 23.1. The van der Waals surface area contributed by atoms with Crippen molar-refractivity contribution >= 4 is 27.5 Å². The Hall–Kier alpha value is -0.0900. The first kappa shape index (κ1) is 15.3. The van der Waals surface area contributed by atoms with Gasteiger partial charge in [-0.1, -0.05) is 30.5 Å². The van der Waals surface area contributed by atoms with Crippen LogP contribution in [0.25, 0.3) is 0 Å². The molecule has 2 atom stereocenters. The Labute approximate surface area is 129 Å². The highest BCUT2D eigenvalue weighted by Crippen LogP contribution is 2.31. The molecule has 1 aliphatic heterocycles. The molecule has 4 heteroatoms. The number of hydrogen-bond acceptors (Lipinski definition) is 2. The largest absolute Gasteiger partial charge is 0.329 e. The second-order valence-electron chi connectivity index (χ2n) is 5.36. The van der Waals surface area contributed by atoms with E-state index in [9.17, 15) is 0 Å². The van der Waals surface area contributed by atoms with Gasteiger partial charge in [0.2, 0.25) is 0 Å².